The van der Waals surface area contributed by atoms with Crippen molar-refractivity contribution in [3.63, 3.8) is 0 Å². The molecular weight excluding hydrogens is 362 g/mol. The number of aliphatic hydroxyl groups is 1. The number of nitrogens with one attached hydrogen (secondary N) is 3. The maximum Gasteiger partial charge on any atom is 0.261 e. The van der Waals surface area contributed by atoms with Gasteiger partial charge in [0.2, 0.25) is 0 Å². The molecular formula is C17H18ClN3O3S. The average Bonchev–Trinajstić information content (AvgIpc) is 3.27. The van der Waals surface area contributed by atoms with Gasteiger partial charge in [-0.05, 0) is 35.9 Å². The quantitative estimate of drug-likeness (QED) is 0.594. The lowest BCUT2D eigenvalue weighted by Gasteiger charge is -2.08. The Morgan fingerprint density at radius 3 is 2.76 bits per heavy atom. The summed E-state index contributed by atoms with van der Waals surface area (Å²) in [6.45, 7) is 0.967. The molecule has 0 fully saturated rings. The van der Waals surface area contributed by atoms with Crippen molar-refractivity contribution in [2.75, 3.05) is 25.0 Å². The summed E-state index contributed by atoms with van der Waals surface area (Å²) in [5, 5.41) is 14.7. The molecule has 8 heteroatoms. The summed E-state index contributed by atoms with van der Waals surface area (Å²) in [6, 6.07) is 11.2. The van der Waals surface area contributed by atoms with Gasteiger partial charge in [-0.15, -0.1) is 11.3 Å². The van der Waals surface area contributed by atoms with E-state index < -0.39 is 0 Å². The molecule has 1 amide bonds. The highest BCUT2D eigenvalue weighted by molar-refractivity contribution is 7.17. The van der Waals surface area contributed by atoms with Crippen LogP contribution in [-0.4, -0.2) is 36.8 Å². The Kier molecular flexibility index (Phi) is 5.93. The molecule has 132 valence electrons. The van der Waals surface area contributed by atoms with E-state index in [9.17, 15) is 4.79 Å². The van der Waals surface area contributed by atoms with Crippen LogP contribution < -0.4 is 16.1 Å². The number of aliphatic hydroxyl groups excluding tert-OH is 1. The van der Waals surface area contributed by atoms with E-state index in [1.54, 1.807) is 12.1 Å². The zero-order valence-corrected chi connectivity index (χ0v) is 14.9. The van der Waals surface area contributed by atoms with Crippen LogP contribution >= 0.6 is 22.9 Å². The van der Waals surface area contributed by atoms with E-state index in [0.29, 0.717) is 22.3 Å². The zero-order valence-electron chi connectivity index (χ0n) is 13.3. The Morgan fingerprint density at radius 2 is 2.08 bits per heavy atom. The molecule has 0 radical (unpaired) electrons. The fourth-order valence-corrected chi connectivity index (χ4v) is 3.29. The van der Waals surface area contributed by atoms with E-state index in [2.05, 4.69) is 16.1 Å². The molecule has 2 heterocycles. The molecule has 0 spiro atoms. The molecule has 0 aliphatic carbocycles. The summed E-state index contributed by atoms with van der Waals surface area (Å²) in [7, 11) is 0. The Morgan fingerprint density at radius 1 is 1.28 bits per heavy atom. The lowest BCUT2D eigenvalue weighted by molar-refractivity contribution is 0.0499. The van der Waals surface area contributed by atoms with Gasteiger partial charge in [0, 0.05) is 12.2 Å². The largest absolute Gasteiger partial charge is 0.395 e. The first-order valence-electron chi connectivity index (χ1n) is 7.78. The molecule has 1 aromatic carbocycles. The van der Waals surface area contributed by atoms with Gasteiger partial charge >= 0.3 is 0 Å². The van der Waals surface area contributed by atoms with Crippen molar-refractivity contribution >= 4 is 40.2 Å². The number of hydrogen-bond donors (Lipinski definition) is 4. The fraction of sp³-hybridized carbons (Fsp3) is 0.235. The van der Waals surface area contributed by atoms with Gasteiger partial charge in [-0.2, -0.15) is 0 Å². The maximum atomic E-state index is 12.0. The number of benzene rings is 1. The van der Waals surface area contributed by atoms with E-state index >= 15 is 0 Å². The summed E-state index contributed by atoms with van der Waals surface area (Å²) in [5.41, 5.74) is 5.66. The topological polar surface area (TPSA) is 82.6 Å². The van der Waals surface area contributed by atoms with Crippen LogP contribution in [0, 0.1) is 0 Å². The van der Waals surface area contributed by atoms with Crippen LogP contribution in [0.3, 0.4) is 0 Å². The summed E-state index contributed by atoms with van der Waals surface area (Å²) in [6.07, 6.45) is 1.68. The fourth-order valence-electron chi connectivity index (χ4n) is 2.33. The molecule has 1 atom stereocenters. The van der Waals surface area contributed by atoms with Gasteiger partial charge in [0.15, 0.2) is 0 Å². The van der Waals surface area contributed by atoms with Crippen molar-refractivity contribution in [1.29, 1.82) is 0 Å². The van der Waals surface area contributed by atoms with Crippen molar-refractivity contribution in [1.82, 2.24) is 10.8 Å². The molecule has 1 aromatic heterocycles. The van der Waals surface area contributed by atoms with Crippen molar-refractivity contribution < 1.29 is 14.7 Å². The van der Waals surface area contributed by atoms with Crippen LogP contribution in [-0.2, 0) is 4.84 Å². The van der Waals surface area contributed by atoms with E-state index in [0.717, 1.165) is 16.9 Å². The number of hydroxylamine groups is 1. The third-order valence-corrected chi connectivity index (χ3v) is 4.80. The third-order valence-electron chi connectivity index (χ3n) is 3.57. The maximum absolute atomic E-state index is 12.0. The van der Waals surface area contributed by atoms with Gasteiger partial charge < -0.3 is 15.7 Å². The average molecular weight is 380 g/mol. The minimum absolute atomic E-state index is 0.0907. The SMILES string of the molecule is O=C(NCC1C=C(c2ccc(NCCO)cc2)NO1)c1ccc(Cl)s1. The lowest BCUT2D eigenvalue weighted by atomic mass is 10.1. The minimum Gasteiger partial charge on any atom is -0.395 e. The second kappa shape index (κ2) is 8.35. The second-order valence-electron chi connectivity index (χ2n) is 5.38. The highest BCUT2D eigenvalue weighted by Gasteiger charge is 2.19. The van der Waals surface area contributed by atoms with Gasteiger partial charge in [0.25, 0.3) is 5.91 Å². The number of carbonyl (C=O) groups is 1. The van der Waals surface area contributed by atoms with Gasteiger partial charge in [0.05, 0.1) is 28.1 Å². The van der Waals surface area contributed by atoms with Crippen molar-refractivity contribution in [2.24, 2.45) is 0 Å². The number of halogens is 1. The zero-order chi connectivity index (χ0) is 17.6. The smallest absolute Gasteiger partial charge is 0.261 e. The van der Waals surface area contributed by atoms with Crippen LogP contribution in [0.5, 0.6) is 0 Å². The first-order chi connectivity index (χ1) is 12.2. The first-order valence-corrected chi connectivity index (χ1v) is 8.97. The highest BCUT2D eigenvalue weighted by Crippen LogP contribution is 2.22. The Bertz CT molecular complexity index is 761. The minimum atomic E-state index is -0.249. The van der Waals surface area contributed by atoms with Crippen molar-refractivity contribution in [2.45, 2.75) is 6.10 Å². The van der Waals surface area contributed by atoms with Crippen LogP contribution in [0.2, 0.25) is 4.34 Å². The molecule has 6 nitrogen and oxygen atoms in total. The highest BCUT2D eigenvalue weighted by atomic mass is 35.5. The van der Waals surface area contributed by atoms with E-state index in [1.165, 1.54) is 11.3 Å². The molecule has 1 aliphatic rings. The Hall–Kier alpha value is -2.06. The molecule has 25 heavy (non-hydrogen) atoms. The summed E-state index contributed by atoms with van der Waals surface area (Å²) >= 11 is 7.08. The number of thiophene rings is 1. The number of amides is 1. The normalized spacial score (nSPS) is 16.2. The van der Waals surface area contributed by atoms with Crippen LogP contribution in [0.25, 0.3) is 5.70 Å². The number of hydrogen-bond acceptors (Lipinski definition) is 6. The Balaban J connectivity index is 1.54. The van der Waals surface area contributed by atoms with E-state index in [1.807, 2.05) is 30.3 Å². The predicted molar refractivity (Wildman–Crippen MR) is 99.7 cm³/mol. The molecule has 0 bridgehead atoms. The van der Waals surface area contributed by atoms with Gasteiger partial charge in [0.1, 0.15) is 6.10 Å². The molecule has 1 unspecified atom stereocenters. The van der Waals surface area contributed by atoms with Gasteiger partial charge in [-0.3, -0.25) is 15.1 Å². The second-order valence-corrected chi connectivity index (χ2v) is 7.10. The Labute approximate surface area is 154 Å². The van der Waals surface area contributed by atoms with E-state index in [4.69, 9.17) is 21.5 Å². The standard InChI is InChI=1S/C17H18ClN3O3S/c18-16-6-5-15(25-16)17(23)20-10-13-9-14(21-24-13)11-1-3-12(4-2-11)19-7-8-22/h1-6,9,13,19,21-22H,7-8,10H2,(H,20,23). The van der Waals surface area contributed by atoms with Crippen LogP contribution in [0.1, 0.15) is 15.2 Å². The van der Waals surface area contributed by atoms with Crippen LogP contribution in [0.4, 0.5) is 5.69 Å². The molecule has 0 saturated carbocycles. The van der Waals surface area contributed by atoms with Crippen LogP contribution in [0.15, 0.2) is 42.5 Å². The number of rotatable bonds is 7. The molecule has 1 aliphatic heterocycles. The summed E-state index contributed by atoms with van der Waals surface area (Å²) in [5.74, 6) is -0.165. The first kappa shape index (κ1) is 17.8. The monoisotopic (exact) mass is 379 g/mol. The summed E-state index contributed by atoms with van der Waals surface area (Å²) < 4.78 is 0.586. The molecule has 3 rings (SSSR count). The van der Waals surface area contributed by atoms with Crippen molar-refractivity contribution in [3.8, 4) is 0 Å². The van der Waals surface area contributed by atoms with Gasteiger partial charge in [-0.1, -0.05) is 23.7 Å². The molecule has 4 N–H and O–H groups in total. The van der Waals surface area contributed by atoms with E-state index in [-0.39, 0.29) is 18.6 Å². The number of anilines is 1. The molecule has 2 aromatic rings. The van der Waals surface area contributed by atoms with Gasteiger partial charge in [-0.25, -0.2) is 0 Å². The number of carbonyl (C=O) groups excluding carboxylic acids is 1. The lowest BCUT2D eigenvalue weighted by Crippen LogP contribution is -2.31. The summed E-state index contributed by atoms with van der Waals surface area (Å²) in [4.78, 5) is 18.1. The third kappa shape index (κ3) is 4.73. The van der Waals surface area contributed by atoms with Crippen molar-refractivity contribution in [3.05, 3.63) is 57.3 Å². The molecule has 0 saturated heterocycles. The predicted octanol–water partition coefficient (Wildman–Crippen LogP) is 2.48.